The summed E-state index contributed by atoms with van der Waals surface area (Å²) in [7, 11) is 0. The second kappa shape index (κ2) is 6.41. The summed E-state index contributed by atoms with van der Waals surface area (Å²) < 4.78 is 0. The zero-order chi connectivity index (χ0) is 10.4. The molecule has 2 heteroatoms. The van der Waals surface area contributed by atoms with Gasteiger partial charge in [0, 0.05) is 6.04 Å². The van der Waals surface area contributed by atoms with Crippen molar-refractivity contribution in [2.24, 2.45) is 5.92 Å². The van der Waals surface area contributed by atoms with E-state index in [0.29, 0.717) is 0 Å². The molecule has 0 heterocycles. The first-order valence-electron chi connectivity index (χ1n) is 6.11. The average Bonchev–Trinajstić information content (AvgIpc) is 2.15. The predicted molar refractivity (Wildman–Crippen MR) is 60.3 cm³/mol. The van der Waals surface area contributed by atoms with Crippen LogP contribution in [0.3, 0.4) is 0 Å². The number of hydrogen-bond acceptors (Lipinski definition) is 2. The highest BCUT2D eigenvalue weighted by molar-refractivity contribution is 4.77. The molecule has 0 saturated heterocycles. The Morgan fingerprint density at radius 1 is 1.36 bits per heavy atom. The molecular weight excluding hydrogens is 174 g/mol. The van der Waals surface area contributed by atoms with E-state index in [1.54, 1.807) is 0 Å². The first-order chi connectivity index (χ1) is 6.70. The van der Waals surface area contributed by atoms with Gasteiger partial charge in [0.2, 0.25) is 0 Å². The summed E-state index contributed by atoms with van der Waals surface area (Å²) in [6.07, 6.45) is 7.41. The van der Waals surface area contributed by atoms with Gasteiger partial charge in [0.1, 0.15) is 0 Å². The molecule has 1 saturated carbocycles. The molecule has 0 radical (unpaired) electrons. The number of hydrogen-bond donors (Lipinski definition) is 2. The van der Waals surface area contributed by atoms with Gasteiger partial charge >= 0.3 is 0 Å². The minimum atomic E-state index is -0.138. The monoisotopic (exact) mass is 199 g/mol. The van der Waals surface area contributed by atoms with E-state index in [1.807, 2.05) is 6.92 Å². The summed E-state index contributed by atoms with van der Waals surface area (Å²) in [5, 5.41) is 12.7. The van der Waals surface area contributed by atoms with Gasteiger partial charge in [-0.2, -0.15) is 0 Å². The van der Waals surface area contributed by atoms with E-state index in [1.165, 1.54) is 25.7 Å². The van der Waals surface area contributed by atoms with Crippen LogP contribution >= 0.6 is 0 Å². The summed E-state index contributed by atoms with van der Waals surface area (Å²) in [5.41, 5.74) is 0. The Labute approximate surface area is 88.1 Å². The highest BCUT2D eigenvalue weighted by Gasteiger charge is 2.19. The van der Waals surface area contributed by atoms with Crippen LogP contribution in [-0.2, 0) is 0 Å². The fraction of sp³-hybridized carbons (Fsp3) is 1.00. The molecule has 3 atom stereocenters. The predicted octanol–water partition coefficient (Wildman–Crippen LogP) is 2.32. The zero-order valence-corrected chi connectivity index (χ0v) is 9.63. The van der Waals surface area contributed by atoms with Crippen LogP contribution in [0.4, 0.5) is 0 Å². The lowest BCUT2D eigenvalue weighted by atomic mass is 9.86. The van der Waals surface area contributed by atoms with E-state index in [2.05, 4.69) is 12.2 Å². The molecule has 1 aliphatic rings. The molecule has 84 valence electrons. The van der Waals surface area contributed by atoms with Crippen LogP contribution in [0.2, 0.25) is 0 Å². The van der Waals surface area contributed by atoms with E-state index in [0.717, 1.165) is 31.3 Å². The molecule has 0 bridgehead atoms. The number of nitrogens with one attached hydrogen (secondary N) is 1. The van der Waals surface area contributed by atoms with E-state index in [9.17, 15) is 0 Å². The number of rotatable bonds is 5. The van der Waals surface area contributed by atoms with E-state index in [-0.39, 0.29) is 6.10 Å². The largest absolute Gasteiger partial charge is 0.393 e. The van der Waals surface area contributed by atoms with Gasteiger partial charge in [0.25, 0.3) is 0 Å². The molecule has 0 aromatic heterocycles. The molecular formula is C12H25NO. The summed E-state index contributed by atoms with van der Waals surface area (Å²) in [4.78, 5) is 0. The Kier molecular flexibility index (Phi) is 5.49. The van der Waals surface area contributed by atoms with Crippen molar-refractivity contribution in [2.75, 3.05) is 6.54 Å². The van der Waals surface area contributed by atoms with Crippen LogP contribution in [0.5, 0.6) is 0 Å². The fourth-order valence-electron chi connectivity index (χ4n) is 2.30. The van der Waals surface area contributed by atoms with Crippen LogP contribution in [0.15, 0.2) is 0 Å². The molecule has 1 aliphatic carbocycles. The van der Waals surface area contributed by atoms with Gasteiger partial charge in [-0.15, -0.1) is 0 Å². The molecule has 2 N–H and O–H groups in total. The van der Waals surface area contributed by atoms with E-state index >= 15 is 0 Å². The first-order valence-corrected chi connectivity index (χ1v) is 6.11. The van der Waals surface area contributed by atoms with Crippen molar-refractivity contribution in [1.29, 1.82) is 0 Å². The van der Waals surface area contributed by atoms with Crippen LogP contribution < -0.4 is 5.32 Å². The Morgan fingerprint density at radius 2 is 2.07 bits per heavy atom. The third kappa shape index (κ3) is 4.43. The summed E-state index contributed by atoms with van der Waals surface area (Å²) in [6, 6.07) is 0.734. The Hall–Kier alpha value is -0.0800. The summed E-state index contributed by atoms with van der Waals surface area (Å²) >= 11 is 0. The smallest absolute Gasteiger partial charge is 0.0512 e. The van der Waals surface area contributed by atoms with Gasteiger partial charge in [-0.25, -0.2) is 0 Å². The fourth-order valence-corrected chi connectivity index (χ4v) is 2.30. The minimum absolute atomic E-state index is 0.138. The molecule has 14 heavy (non-hydrogen) atoms. The van der Waals surface area contributed by atoms with Crippen molar-refractivity contribution in [3.63, 3.8) is 0 Å². The van der Waals surface area contributed by atoms with Gasteiger partial charge in [0.05, 0.1) is 6.10 Å². The Balaban J connectivity index is 2.04. The molecule has 0 aromatic rings. The highest BCUT2D eigenvalue weighted by Crippen LogP contribution is 2.23. The normalized spacial score (nSPS) is 30.2. The standard InChI is InChI=1S/C12H25NO/c1-10-6-3-4-8-12(10)13-9-5-7-11(2)14/h10-14H,3-9H2,1-2H3. The van der Waals surface area contributed by atoms with Crippen LogP contribution in [-0.4, -0.2) is 23.8 Å². The maximum atomic E-state index is 9.11. The van der Waals surface area contributed by atoms with Crippen molar-refractivity contribution in [2.45, 2.75) is 64.5 Å². The quantitative estimate of drug-likeness (QED) is 0.666. The van der Waals surface area contributed by atoms with Crippen LogP contribution in [0, 0.1) is 5.92 Å². The van der Waals surface area contributed by atoms with Crippen molar-refractivity contribution in [1.82, 2.24) is 5.32 Å². The third-order valence-corrected chi connectivity index (χ3v) is 3.32. The van der Waals surface area contributed by atoms with Gasteiger partial charge < -0.3 is 10.4 Å². The van der Waals surface area contributed by atoms with Crippen LogP contribution in [0.25, 0.3) is 0 Å². The molecule has 0 amide bonds. The molecule has 0 aliphatic heterocycles. The third-order valence-electron chi connectivity index (χ3n) is 3.32. The maximum absolute atomic E-state index is 9.11. The Morgan fingerprint density at radius 3 is 2.71 bits per heavy atom. The van der Waals surface area contributed by atoms with Gasteiger partial charge in [0.15, 0.2) is 0 Å². The number of aliphatic hydroxyl groups excluding tert-OH is 1. The van der Waals surface area contributed by atoms with Crippen molar-refractivity contribution >= 4 is 0 Å². The summed E-state index contributed by atoms with van der Waals surface area (Å²) in [5.74, 6) is 0.843. The minimum Gasteiger partial charge on any atom is -0.393 e. The average molecular weight is 199 g/mol. The zero-order valence-electron chi connectivity index (χ0n) is 9.63. The van der Waals surface area contributed by atoms with Crippen molar-refractivity contribution in [3.8, 4) is 0 Å². The van der Waals surface area contributed by atoms with Gasteiger partial charge in [-0.1, -0.05) is 19.8 Å². The molecule has 0 spiro atoms. The van der Waals surface area contributed by atoms with Crippen molar-refractivity contribution in [3.05, 3.63) is 0 Å². The van der Waals surface area contributed by atoms with E-state index < -0.39 is 0 Å². The van der Waals surface area contributed by atoms with E-state index in [4.69, 9.17) is 5.11 Å². The second-order valence-electron chi connectivity index (χ2n) is 4.81. The second-order valence-corrected chi connectivity index (χ2v) is 4.81. The molecule has 1 rings (SSSR count). The lowest BCUT2D eigenvalue weighted by Crippen LogP contribution is -2.37. The Bertz CT molecular complexity index is 147. The molecule has 1 fully saturated rings. The lowest BCUT2D eigenvalue weighted by Gasteiger charge is -2.29. The highest BCUT2D eigenvalue weighted by atomic mass is 16.3. The summed E-state index contributed by atoms with van der Waals surface area (Å²) in [6.45, 7) is 5.29. The van der Waals surface area contributed by atoms with Gasteiger partial charge in [-0.05, 0) is 45.1 Å². The van der Waals surface area contributed by atoms with Crippen LogP contribution in [0.1, 0.15) is 52.4 Å². The van der Waals surface area contributed by atoms with Gasteiger partial charge in [-0.3, -0.25) is 0 Å². The maximum Gasteiger partial charge on any atom is 0.0512 e. The lowest BCUT2D eigenvalue weighted by molar-refractivity contribution is 0.179. The first kappa shape index (κ1) is 12.0. The molecule has 2 nitrogen and oxygen atoms in total. The molecule has 3 unspecified atom stereocenters. The number of aliphatic hydroxyl groups is 1. The SMILES string of the molecule is CC(O)CCCNC1CCCCC1C. The van der Waals surface area contributed by atoms with Crippen molar-refractivity contribution < 1.29 is 5.11 Å². The molecule has 0 aromatic carbocycles. The topological polar surface area (TPSA) is 32.3 Å².